The fourth-order valence-corrected chi connectivity index (χ4v) is 4.42. The van der Waals surface area contributed by atoms with Crippen LogP contribution in [0.25, 0.3) is 0 Å². The number of amides is 2. The summed E-state index contributed by atoms with van der Waals surface area (Å²) in [5.41, 5.74) is 0.965. The Hall–Kier alpha value is -2.98. The molecule has 0 saturated carbocycles. The molecule has 9 nitrogen and oxygen atoms in total. The molecule has 0 saturated heterocycles. The number of nitrogens with zero attached hydrogens (tertiary/aromatic N) is 2. The summed E-state index contributed by atoms with van der Waals surface area (Å²) in [4.78, 5) is 27.6. The van der Waals surface area contributed by atoms with Crippen LogP contribution in [0.5, 0.6) is 11.5 Å². The second-order valence-corrected chi connectivity index (χ2v) is 10.2. The first kappa shape index (κ1) is 28.3. The van der Waals surface area contributed by atoms with Crippen molar-refractivity contribution < 1.29 is 27.5 Å². The Morgan fingerprint density at radius 3 is 2.26 bits per heavy atom. The molecule has 1 N–H and O–H groups in total. The zero-order chi connectivity index (χ0) is 26.2. The highest BCUT2D eigenvalue weighted by Crippen LogP contribution is 2.30. The molecule has 0 heterocycles. The summed E-state index contributed by atoms with van der Waals surface area (Å²) in [5, 5.41) is 2.99. The minimum absolute atomic E-state index is 0.102. The van der Waals surface area contributed by atoms with Crippen molar-refractivity contribution in [2.45, 2.75) is 32.9 Å². The molecule has 2 aromatic rings. The molecule has 0 spiro atoms. The minimum Gasteiger partial charge on any atom is -0.497 e. The van der Waals surface area contributed by atoms with Crippen LogP contribution in [0, 0.1) is 0 Å². The van der Waals surface area contributed by atoms with Crippen molar-refractivity contribution in [3.63, 3.8) is 0 Å². The molecule has 2 amide bonds. The summed E-state index contributed by atoms with van der Waals surface area (Å²) in [5.74, 6) is 0.155. The third-order valence-electron chi connectivity index (χ3n) is 5.33. The van der Waals surface area contributed by atoms with E-state index >= 15 is 0 Å². The number of methoxy groups -OCH3 is 2. The van der Waals surface area contributed by atoms with Gasteiger partial charge in [-0.05, 0) is 49.2 Å². The maximum Gasteiger partial charge on any atom is 0.244 e. The number of carbonyl (C=O) groups excluding carboxylic acids is 2. The summed E-state index contributed by atoms with van der Waals surface area (Å²) < 4.78 is 36.5. The maximum atomic E-state index is 13.5. The Morgan fingerprint density at radius 1 is 1.09 bits per heavy atom. The van der Waals surface area contributed by atoms with Gasteiger partial charge in [0.25, 0.3) is 0 Å². The molecule has 0 bridgehead atoms. The number of sulfonamides is 1. The monoisotopic (exact) mass is 525 g/mol. The van der Waals surface area contributed by atoms with Crippen molar-refractivity contribution in [2.75, 3.05) is 37.9 Å². The first-order valence-electron chi connectivity index (χ1n) is 11.0. The minimum atomic E-state index is -3.86. The number of nitrogens with one attached hydrogen (secondary N) is 1. The molecular weight excluding hydrogens is 494 g/mol. The van der Waals surface area contributed by atoms with Gasteiger partial charge in [-0.15, -0.1) is 0 Å². The molecule has 2 aromatic carbocycles. The summed E-state index contributed by atoms with van der Waals surface area (Å²) in [6.07, 6.45) is 1.74. The SMILES string of the molecule is CCCNC(=O)[C@H](C)N(Cc1ccc(OC)cc1)C(=O)CN(c1ccc(OC)c(Cl)c1)S(C)(=O)=O. The van der Waals surface area contributed by atoms with Gasteiger partial charge in [-0.25, -0.2) is 8.42 Å². The molecule has 0 unspecified atom stereocenters. The summed E-state index contributed by atoms with van der Waals surface area (Å²) >= 11 is 6.19. The van der Waals surface area contributed by atoms with Gasteiger partial charge < -0.3 is 19.7 Å². The van der Waals surface area contributed by atoms with Gasteiger partial charge in [-0.1, -0.05) is 30.7 Å². The average Bonchev–Trinajstić information content (AvgIpc) is 2.83. The van der Waals surface area contributed by atoms with E-state index in [4.69, 9.17) is 21.1 Å². The van der Waals surface area contributed by atoms with E-state index in [0.717, 1.165) is 22.5 Å². The molecule has 192 valence electrons. The van der Waals surface area contributed by atoms with Gasteiger partial charge in [0.1, 0.15) is 24.1 Å². The summed E-state index contributed by atoms with van der Waals surface area (Å²) in [6, 6.07) is 10.7. The highest BCUT2D eigenvalue weighted by atomic mass is 35.5. The van der Waals surface area contributed by atoms with Crippen LogP contribution in [0.1, 0.15) is 25.8 Å². The first-order chi connectivity index (χ1) is 16.5. The first-order valence-corrected chi connectivity index (χ1v) is 13.3. The number of hydrogen-bond donors (Lipinski definition) is 1. The highest BCUT2D eigenvalue weighted by Gasteiger charge is 2.30. The van der Waals surface area contributed by atoms with Crippen LogP contribution >= 0.6 is 11.6 Å². The number of hydrogen-bond acceptors (Lipinski definition) is 6. The number of rotatable bonds is 12. The maximum absolute atomic E-state index is 13.5. The van der Waals surface area contributed by atoms with Crippen LogP contribution in [-0.4, -0.2) is 64.7 Å². The molecule has 0 fully saturated rings. The van der Waals surface area contributed by atoms with Gasteiger partial charge in [-0.2, -0.15) is 0 Å². The molecule has 0 aliphatic rings. The van der Waals surface area contributed by atoms with Gasteiger partial charge in [0.2, 0.25) is 21.8 Å². The Labute approximate surface area is 212 Å². The standard InChI is InChI=1S/C24H32ClN3O6S/c1-6-13-26-24(30)17(2)27(15-18-7-10-20(33-3)11-8-18)23(29)16-28(35(5,31)32)19-9-12-22(34-4)21(25)14-19/h7-12,14,17H,6,13,15-16H2,1-5H3,(H,26,30)/t17-/m0/s1. The van der Waals surface area contributed by atoms with Crippen LogP contribution < -0.4 is 19.1 Å². The van der Waals surface area contributed by atoms with E-state index < -0.39 is 28.5 Å². The van der Waals surface area contributed by atoms with Gasteiger partial charge in [0.15, 0.2) is 0 Å². The van der Waals surface area contributed by atoms with Crippen molar-refractivity contribution in [1.29, 1.82) is 0 Å². The van der Waals surface area contributed by atoms with Gasteiger partial charge in [-0.3, -0.25) is 13.9 Å². The molecule has 0 aliphatic carbocycles. The van der Waals surface area contributed by atoms with Gasteiger partial charge >= 0.3 is 0 Å². The third kappa shape index (κ3) is 7.76. The highest BCUT2D eigenvalue weighted by molar-refractivity contribution is 7.92. The van der Waals surface area contributed by atoms with E-state index in [1.807, 2.05) is 6.92 Å². The van der Waals surface area contributed by atoms with Crippen LogP contribution in [0.2, 0.25) is 5.02 Å². The Morgan fingerprint density at radius 2 is 1.74 bits per heavy atom. The van der Waals surface area contributed by atoms with E-state index in [0.29, 0.717) is 18.0 Å². The predicted molar refractivity (Wildman–Crippen MR) is 137 cm³/mol. The van der Waals surface area contributed by atoms with Gasteiger partial charge in [0.05, 0.1) is 31.2 Å². The molecule has 0 aromatic heterocycles. The Balaban J connectivity index is 2.39. The largest absolute Gasteiger partial charge is 0.497 e. The molecule has 11 heteroatoms. The quantitative estimate of drug-likeness (QED) is 0.456. The summed E-state index contributed by atoms with van der Waals surface area (Å²) in [7, 11) is -0.859. The third-order valence-corrected chi connectivity index (χ3v) is 6.77. The predicted octanol–water partition coefficient (Wildman–Crippen LogP) is 3.07. The van der Waals surface area contributed by atoms with Crippen molar-refractivity contribution in [3.8, 4) is 11.5 Å². The smallest absolute Gasteiger partial charge is 0.244 e. The lowest BCUT2D eigenvalue weighted by atomic mass is 10.1. The van der Waals surface area contributed by atoms with Crippen molar-refractivity contribution in [3.05, 3.63) is 53.1 Å². The van der Waals surface area contributed by atoms with Gasteiger partial charge in [0, 0.05) is 13.1 Å². The Bertz CT molecular complexity index is 1120. The van der Waals surface area contributed by atoms with E-state index in [1.165, 1.54) is 30.2 Å². The summed E-state index contributed by atoms with van der Waals surface area (Å²) in [6.45, 7) is 3.59. The lowest BCUT2D eigenvalue weighted by Gasteiger charge is -2.31. The van der Waals surface area contributed by atoms with E-state index in [2.05, 4.69) is 5.32 Å². The normalized spacial score (nSPS) is 11.9. The molecule has 0 aliphatic heterocycles. The molecule has 35 heavy (non-hydrogen) atoms. The Kier molecular flexibility index (Phi) is 10.2. The number of halogens is 1. The van der Waals surface area contributed by atoms with Crippen LogP contribution in [0.4, 0.5) is 5.69 Å². The second-order valence-electron chi connectivity index (χ2n) is 7.93. The fraction of sp³-hybridized carbons (Fsp3) is 0.417. The lowest BCUT2D eigenvalue weighted by molar-refractivity contribution is -0.139. The average molecular weight is 526 g/mol. The molecule has 1 atom stereocenters. The number of anilines is 1. The fourth-order valence-electron chi connectivity index (χ4n) is 3.33. The van der Waals surface area contributed by atoms with Crippen molar-refractivity contribution >= 4 is 39.1 Å². The van der Waals surface area contributed by atoms with Crippen LogP contribution in [0.15, 0.2) is 42.5 Å². The zero-order valence-electron chi connectivity index (χ0n) is 20.6. The van der Waals surface area contributed by atoms with E-state index in [9.17, 15) is 18.0 Å². The molecule has 0 radical (unpaired) electrons. The van der Waals surface area contributed by atoms with Crippen molar-refractivity contribution in [1.82, 2.24) is 10.2 Å². The molecule has 2 rings (SSSR count). The number of carbonyl (C=O) groups is 2. The van der Waals surface area contributed by atoms with Crippen molar-refractivity contribution in [2.24, 2.45) is 0 Å². The zero-order valence-corrected chi connectivity index (χ0v) is 22.1. The topological polar surface area (TPSA) is 105 Å². The molecular formula is C24H32ClN3O6S. The van der Waals surface area contributed by atoms with Crippen LogP contribution in [0.3, 0.4) is 0 Å². The van der Waals surface area contributed by atoms with Crippen LogP contribution in [-0.2, 0) is 26.2 Å². The van der Waals surface area contributed by atoms with E-state index in [1.54, 1.807) is 38.3 Å². The van der Waals surface area contributed by atoms with E-state index in [-0.39, 0.29) is 23.2 Å². The second kappa shape index (κ2) is 12.6. The number of benzene rings is 2. The number of ether oxygens (including phenoxy) is 2. The lowest BCUT2D eigenvalue weighted by Crippen LogP contribution is -2.51.